The Balaban J connectivity index is 1.42. The van der Waals surface area contributed by atoms with Gasteiger partial charge in [-0.1, -0.05) is 71.5 Å². The molecule has 3 unspecified atom stereocenters. The Morgan fingerprint density at radius 1 is 1.15 bits per heavy atom. The number of ether oxygens (including phenoxy) is 1. The normalized spacial score (nSPS) is 39.8. The number of carbonyl (C=O) groups is 1. The summed E-state index contributed by atoms with van der Waals surface area (Å²) in [6.45, 7) is 12.7. The summed E-state index contributed by atoms with van der Waals surface area (Å²) in [6, 6.07) is 0. The van der Waals surface area contributed by atoms with Crippen LogP contribution in [0.1, 0.15) is 105 Å². The minimum atomic E-state index is -0.367. The first-order valence-electron chi connectivity index (χ1n) is 14.3. The third-order valence-electron chi connectivity index (χ3n) is 10.9. The Kier molecular flexibility index (Phi) is 7.76. The zero-order valence-corrected chi connectivity index (χ0v) is 22.5. The maximum Gasteiger partial charge on any atom is 0.408 e. The maximum absolute atomic E-state index is 12.0. The molecule has 0 aromatic carbocycles. The second-order valence-electron chi connectivity index (χ2n) is 13.1. The van der Waals surface area contributed by atoms with E-state index in [1.807, 2.05) is 0 Å². The average molecular weight is 468 g/mol. The van der Waals surface area contributed by atoms with Crippen molar-refractivity contribution in [3.63, 3.8) is 0 Å². The van der Waals surface area contributed by atoms with Crippen LogP contribution in [-0.2, 0) is 4.74 Å². The first kappa shape index (κ1) is 25.7. The van der Waals surface area contributed by atoms with Crippen molar-refractivity contribution in [1.82, 2.24) is 5.32 Å². The number of alkyl carbamates (subject to hydrolysis) is 1. The minimum Gasteiger partial charge on any atom is -0.446 e. The van der Waals surface area contributed by atoms with Gasteiger partial charge in [-0.25, -0.2) is 4.79 Å². The molecule has 0 aliphatic heterocycles. The number of hydrogen-bond donors (Lipinski definition) is 1. The maximum atomic E-state index is 12.0. The van der Waals surface area contributed by atoms with Crippen molar-refractivity contribution in [2.45, 2.75) is 111 Å². The highest BCUT2D eigenvalue weighted by molar-refractivity contribution is 5.67. The van der Waals surface area contributed by atoms with E-state index < -0.39 is 0 Å². The van der Waals surface area contributed by atoms with Gasteiger partial charge in [0, 0.05) is 6.42 Å². The molecule has 0 spiro atoms. The Morgan fingerprint density at radius 3 is 2.68 bits per heavy atom. The molecule has 4 rings (SSSR count). The lowest BCUT2D eigenvalue weighted by molar-refractivity contribution is -0.0581. The van der Waals surface area contributed by atoms with Gasteiger partial charge in [-0.15, -0.1) is 6.42 Å². The lowest BCUT2D eigenvalue weighted by Gasteiger charge is -2.58. The third kappa shape index (κ3) is 4.81. The predicted octanol–water partition coefficient (Wildman–Crippen LogP) is 7.76. The summed E-state index contributed by atoms with van der Waals surface area (Å²) in [6.07, 6.45) is 21.6. The highest BCUT2D eigenvalue weighted by Crippen LogP contribution is 2.67. The zero-order valence-electron chi connectivity index (χ0n) is 22.5. The van der Waals surface area contributed by atoms with E-state index in [1.54, 1.807) is 5.57 Å². The SMILES string of the molecule is C#CCNC(=O)O[C@H]1CC[C@@]2(C)C(=CCC3C2CC[C@@]2(C)C3CC[C@@H]2[C@H](C)CCCC(C)C)C1. The number of rotatable bonds is 7. The molecular formula is C31H49NO2. The molecule has 3 fully saturated rings. The highest BCUT2D eigenvalue weighted by atomic mass is 16.6. The van der Waals surface area contributed by atoms with Gasteiger partial charge in [0.25, 0.3) is 0 Å². The van der Waals surface area contributed by atoms with Crippen LogP contribution in [0.25, 0.3) is 0 Å². The van der Waals surface area contributed by atoms with E-state index in [0.717, 1.165) is 54.8 Å². The lowest BCUT2D eigenvalue weighted by Crippen LogP contribution is -2.51. The monoisotopic (exact) mass is 467 g/mol. The number of carbonyl (C=O) groups excluding carboxylic acids is 1. The Hall–Kier alpha value is -1.43. The van der Waals surface area contributed by atoms with Crippen molar-refractivity contribution < 1.29 is 9.53 Å². The number of fused-ring (bicyclic) bond motifs is 5. The van der Waals surface area contributed by atoms with Crippen molar-refractivity contribution in [3.05, 3.63) is 11.6 Å². The Labute approximate surface area is 209 Å². The molecule has 1 N–H and O–H groups in total. The molecule has 0 aromatic heterocycles. The van der Waals surface area contributed by atoms with E-state index in [4.69, 9.17) is 11.2 Å². The fourth-order valence-electron chi connectivity index (χ4n) is 9.07. The Bertz CT molecular complexity index is 809. The summed E-state index contributed by atoms with van der Waals surface area (Å²) < 4.78 is 5.71. The molecule has 34 heavy (non-hydrogen) atoms. The van der Waals surface area contributed by atoms with Gasteiger partial charge in [-0.3, -0.25) is 0 Å². The number of amides is 1. The van der Waals surface area contributed by atoms with E-state index in [2.05, 4.69) is 51.9 Å². The van der Waals surface area contributed by atoms with E-state index >= 15 is 0 Å². The second kappa shape index (κ2) is 10.3. The number of allylic oxidation sites excluding steroid dienone is 1. The molecule has 0 aromatic rings. The van der Waals surface area contributed by atoms with Crippen LogP contribution < -0.4 is 5.32 Å². The summed E-state index contributed by atoms with van der Waals surface area (Å²) in [4.78, 5) is 12.0. The minimum absolute atomic E-state index is 0.00921. The summed E-state index contributed by atoms with van der Waals surface area (Å²) in [5.41, 5.74) is 2.39. The smallest absolute Gasteiger partial charge is 0.408 e. The van der Waals surface area contributed by atoms with Gasteiger partial charge in [-0.05, 0) is 91.3 Å². The molecule has 4 aliphatic rings. The quantitative estimate of drug-likeness (QED) is 0.307. The molecule has 8 atom stereocenters. The molecule has 1 amide bonds. The van der Waals surface area contributed by atoms with E-state index in [-0.39, 0.29) is 18.7 Å². The fraction of sp³-hybridized carbons (Fsp3) is 0.839. The third-order valence-corrected chi connectivity index (χ3v) is 10.9. The van der Waals surface area contributed by atoms with Crippen LogP contribution in [0.5, 0.6) is 0 Å². The first-order valence-corrected chi connectivity index (χ1v) is 14.3. The van der Waals surface area contributed by atoms with Crippen LogP contribution in [0, 0.1) is 58.7 Å². The predicted molar refractivity (Wildman–Crippen MR) is 140 cm³/mol. The summed E-state index contributed by atoms with van der Waals surface area (Å²) in [5.74, 6) is 7.58. The zero-order chi connectivity index (χ0) is 24.5. The van der Waals surface area contributed by atoms with Crippen LogP contribution >= 0.6 is 0 Å². The molecule has 3 nitrogen and oxygen atoms in total. The number of nitrogens with one attached hydrogen (secondary N) is 1. The molecule has 4 aliphatic carbocycles. The molecule has 3 heteroatoms. The van der Waals surface area contributed by atoms with Crippen molar-refractivity contribution >= 4 is 6.09 Å². The van der Waals surface area contributed by atoms with Gasteiger partial charge in [-0.2, -0.15) is 0 Å². The molecular weight excluding hydrogens is 418 g/mol. The average Bonchev–Trinajstić information content (AvgIpc) is 3.15. The second-order valence-corrected chi connectivity index (χ2v) is 13.1. The summed E-state index contributed by atoms with van der Waals surface area (Å²) in [5, 5.41) is 2.65. The van der Waals surface area contributed by atoms with Gasteiger partial charge in [0.05, 0.1) is 6.54 Å². The van der Waals surface area contributed by atoms with Gasteiger partial charge in [0.1, 0.15) is 6.10 Å². The van der Waals surface area contributed by atoms with E-state index in [0.29, 0.717) is 10.8 Å². The van der Waals surface area contributed by atoms with Crippen LogP contribution in [-0.4, -0.2) is 18.7 Å². The van der Waals surface area contributed by atoms with Crippen LogP contribution in [0.15, 0.2) is 11.6 Å². The van der Waals surface area contributed by atoms with Crippen molar-refractivity contribution in [2.75, 3.05) is 6.54 Å². The summed E-state index contributed by atoms with van der Waals surface area (Å²) in [7, 11) is 0. The highest BCUT2D eigenvalue weighted by Gasteiger charge is 2.59. The number of hydrogen-bond acceptors (Lipinski definition) is 2. The van der Waals surface area contributed by atoms with Gasteiger partial charge >= 0.3 is 6.09 Å². The van der Waals surface area contributed by atoms with Crippen molar-refractivity contribution in [2.24, 2.45) is 46.3 Å². The first-order chi connectivity index (χ1) is 16.2. The molecule has 0 heterocycles. The molecule has 0 radical (unpaired) electrons. The fourth-order valence-corrected chi connectivity index (χ4v) is 9.07. The summed E-state index contributed by atoms with van der Waals surface area (Å²) >= 11 is 0. The van der Waals surface area contributed by atoms with Crippen molar-refractivity contribution in [3.8, 4) is 12.3 Å². The Morgan fingerprint density at radius 2 is 1.94 bits per heavy atom. The van der Waals surface area contributed by atoms with Crippen LogP contribution in [0.3, 0.4) is 0 Å². The lowest BCUT2D eigenvalue weighted by atomic mass is 9.47. The van der Waals surface area contributed by atoms with Gasteiger partial charge < -0.3 is 10.1 Å². The topological polar surface area (TPSA) is 38.3 Å². The standard InChI is InChI=1S/C31H49NO2/c1-7-19-32-29(33)34-24-15-17-30(5)23(20-24)11-12-25-27-14-13-26(22(4)10-8-9-21(2)3)31(27,6)18-16-28(25)30/h1,11,21-22,24-28H,8-10,12-20H2,2-6H3,(H,32,33)/t22-,24+,25?,26-,27?,28?,30+,31-/m1/s1. The van der Waals surface area contributed by atoms with Crippen LogP contribution in [0.2, 0.25) is 0 Å². The largest absolute Gasteiger partial charge is 0.446 e. The van der Waals surface area contributed by atoms with E-state index in [1.165, 1.54) is 51.4 Å². The van der Waals surface area contributed by atoms with Gasteiger partial charge in [0.2, 0.25) is 0 Å². The van der Waals surface area contributed by atoms with E-state index in [9.17, 15) is 4.79 Å². The molecule has 3 saturated carbocycles. The number of terminal acetylenes is 1. The molecule has 0 saturated heterocycles. The molecule has 190 valence electrons. The van der Waals surface area contributed by atoms with Crippen LogP contribution in [0.4, 0.5) is 4.79 Å². The van der Waals surface area contributed by atoms with Gasteiger partial charge in [0.15, 0.2) is 0 Å². The van der Waals surface area contributed by atoms with Crippen molar-refractivity contribution in [1.29, 1.82) is 0 Å². The molecule has 0 bridgehead atoms.